The summed E-state index contributed by atoms with van der Waals surface area (Å²) in [6.45, 7) is 2.01. The SMILES string of the molecule is CCNS(=O)(=O)c1ccc(C(=O)OCc2ccn(-c3ccccc3)n2)cc1. The second-order valence-electron chi connectivity index (χ2n) is 5.69. The third-order valence-corrected chi connectivity index (χ3v) is 5.31. The molecule has 0 bridgehead atoms. The number of carbonyl (C=O) groups excluding carboxylic acids is 1. The van der Waals surface area contributed by atoms with Gasteiger partial charge in [-0.1, -0.05) is 25.1 Å². The first-order valence-electron chi connectivity index (χ1n) is 8.36. The van der Waals surface area contributed by atoms with Crippen molar-refractivity contribution in [3.05, 3.63) is 78.1 Å². The summed E-state index contributed by atoms with van der Waals surface area (Å²) >= 11 is 0. The molecule has 0 amide bonds. The maximum atomic E-state index is 12.2. The van der Waals surface area contributed by atoms with Gasteiger partial charge in [-0.05, 0) is 42.5 Å². The summed E-state index contributed by atoms with van der Waals surface area (Å²) in [5, 5.41) is 4.36. The van der Waals surface area contributed by atoms with Crippen molar-refractivity contribution < 1.29 is 17.9 Å². The highest BCUT2D eigenvalue weighted by Crippen LogP contribution is 2.13. The molecule has 0 spiro atoms. The molecule has 0 atom stereocenters. The molecule has 140 valence electrons. The number of benzene rings is 2. The molecule has 27 heavy (non-hydrogen) atoms. The Balaban J connectivity index is 1.62. The van der Waals surface area contributed by atoms with Crippen LogP contribution < -0.4 is 4.72 Å². The molecule has 0 aliphatic carbocycles. The number of ether oxygens (including phenoxy) is 1. The van der Waals surface area contributed by atoms with Gasteiger partial charge in [0.05, 0.1) is 16.1 Å². The lowest BCUT2D eigenvalue weighted by atomic mass is 10.2. The lowest BCUT2D eigenvalue weighted by Crippen LogP contribution is -2.23. The van der Waals surface area contributed by atoms with Gasteiger partial charge in [-0.2, -0.15) is 5.10 Å². The molecule has 0 aliphatic heterocycles. The molecule has 0 saturated carbocycles. The van der Waals surface area contributed by atoms with Gasteiger partial charge in [-0.15, -0.1) is 0 Å². The van der Waals surface area contributed by atoms with Gasteiger partial charge in [0, 0.05) is 12.7 Å². The second kappa shape index (κ2) is 8.15. The van der Waals surface area contributed by atoms with Crippen molar-refractivity contribution in [3.8, 4) is 5.69 Å². The Morgan fingerprint density at radius 2 is 1.78 bits per heavy atom. The van der Waals surface area contributed by atoms with Gasteiger partial charge in [0.25, 0.3) is 0 Å². The summed E-state index contributed by atoms with van der Waals surface area (Å²) in [4.78, 5) is 12.3. The van der Waals surface area contributed by atoms with Gasteiger partial charge in [0.15, 0.2) is 0 Å². The van der Waals surface area contributed by atoms with Gasteiger partial charge in [-0.25, -0.2) is 22.6 Å². The van der Waals surface area contributed by atoms with E-state index in [1.54, 1.807) is 23.9 Å². The zero-order chi connectivity index (χ0) is 19.3. The van der Waals surface area contributed by atoms with Crippen LogP contribution in [-0.2, 0) is 21.4 Å². The summed E-state index contributed by atoms with van der Waals surface area (Å²) in [6, 6.07) is 17.0. The second-order valence-corrected chi connectivity index (χ2v) is 7.46. The Bertz CT molecular complexity index is 1010. The zero-order valence-corrected chi connectivity index (χ0v) is 15.5. The van der Waals surface area contributed by atoms with Crippen molar-refractivity contribution in [3.63, 3.8) is 0 Å². The summed E-state index contributed by atoms with van der Waals surface area (Å²) in [7, 11) is -3.55. The third-order valence-electron chi connectivity index (χ3n) is 3.75. The summed E-state index contributed by atoms with van der Waals surface area (Å²) in [6.07, 6.45) is 1.79. The molecule has 1 N–H and O–H groups in total. The predicted octanol–water partition coefficient (Wildman–Crippen LogP) is 2.53. The van der Waals surface area contributed by atoms with E-state index in [0.717, 1.165) is 5.69 Å². The van der Waals surface area contributed by atoms with Crippen LogP contribution in [0.5, 0.6) is 0 Å². The number of hydrogen-bond donors (Lipinski definition) is 1. The fourth-order valence-electron chi connectivity index (χ4n) is 2.43. The smallest absolute Gasteiger partial charge is 0.338 e. The number of sulfonamides is 1. The van der Waals surface area contributed by atoms with Gasteiger partial charge in [-0.3, -0.25) is 0 Å². The first kappa shape index (κ1) is 18.8. The van der Waals surface area contributed by atoms with E-state index in [0.29, 0.717) is 12.2 Å². The van der Waals surface area contributed by atoms with E-state index in [4.69, 9.17) is 4.74 Å². The van der Waals surface area contributed by atoms with Crippen LogP contribution in [0.25, 0.3) is 5.69 Å². The molecule has 0 saturated heterocycles. The molecule has 3 aromatic rings. The molecule has 3 rings (SSSR count). The Morgan fingerprint density at radius 1 is 1.07 bits per heavy atom. The number of nitrogens with zero attached hydrogens (tertiary/aromatic N) is 2. The molecular weight excluding hydrogens is 366 g/mol. The number of rotatable bonds is 7. The van der Waals surface area contributed by atoms with Crippen molar-refractivity contribution in [1.82, 2.24) is 14.5 Å². The average Bonchev–Trinajstić information content (AvgIpc) is 3.16. The van der Waals surface area contributed by atoms with Crippen LogP contribution >= 0.6 is 0 Å². The van der Waals surface area contributed by atoms with Gasteiger partial charge < -0.3 is 4.74 Å². The molecule has 1 aromatic heterocycles. The lowest BCUT2D eigenvalue weighted by molar-refractivity contribution is 0.0467. The molecule has 2 aromatic carbocycles. The van der Waals surface area contributed by atoms with E-state index in [-0.39, 0.29) is 17.1 Å². The van der Waals surface area contributed by atoms with Crippen LogP contribution in [-0.4, -0.2) is 30.7 Å². The fraction of sp³-hybridized carbons (Fsp3) is 0.158. The molecule has 0 aliphatic rings. The van der Waals surface area contributed by atoms with E-state index in [9.17, 15) is 13.2 Å². The number of carbonyl (C=O) groups is 1. The first-order chi connectivity index (χ1) is 13.0. The highest BCUT2D eigenvalue weighted by Gasteiger charge is 2.14. The van der Waals surface area contributed by atoms with Gasteiger partial charge >= 0.3 is 5.97 Å². The van der Waals surface area contributed by atoms with Crippen molar-refractivity contribution in [2.45, 2.75) is 18.4 Å². The Morgan fingerprint density at radius 3 is 2.44 bits per heavy atom. The summed E-state index contributed by atoms with van der Waals surface area (Å²) in [5.74, 6) is -0.545. The normalized spacial score (nSPS) is 11.3. The molecule has 0 unspecified atom stereocenters. The van der Waals surface area contributed by atoms with E-state index in [2.05, 4.69) is 9.82 Å². The minimum absolute atomic E-state index is 0.0239. The average molecular weight is 385 g/mol. The quantitative estimate of drug-likeness (QED) is 0.631. The van der Waals surface area contributed by atoms with E-state index in [1.165, 1.54) is 24.3 Å². The summed E-state index contributed by atoms with van der Waals surface area (Å²) in [5.41, 5.74) is 1.79. The van der Waals surface area contributed by atoms with Crippen LogP contribution in [0.1, 0.15) is 23.0 Å². The van der Waals surface area contributed by atoms with E-state index in [1.807, 2.05) is 30.3 Å². The standard InChI is InChI=1S/C19H19N3O4S/c1-2-20-27(24,25)18-10-8-15(9-11-18)19(23)26-14-16-12-13-22(21-16)17-6-4-3-5-7-17/h3-13,20H,2,14H2,1H3. The van der Waals surface area contributed by atoms with Gasteiger partial charge in [0.2, 0.25) is 10.0 Å². The van der Waals surface area contributed by atoms with Crippen molar-refractivity contribution >= 4 is 16.0 Å². The van der Waals surface area contributed by atoms with Crippen LogP contribution in [0.15, 0.2) is 71.8 Å². The highest BCUT2D eigenvalue weighted by atomic mass is 32.2. The zero-order valence-electron chi connectivity index (χ0n) is 14.7. The molecule has 7 nitrogen and oxygen atoms in total. The maximum absolute atomic E-state index is 12.2. The Hall–Kier alpha value is -2.97. The van der Waals surface area contributed by atoms with E-state index < -0.39 is 16.0 Å². The van der Waals surface area contributed by atoms with Crippen molar-refractivity contribution in [1.29, 1.82) is 0 Å². The maximum Gasteiger partial charge on any atom is 0.338 e. The first-order valence-corrected chi connectivity index (χ1v) is 9.85. The molecule has 1 heterocycles. The molecule has 0 fully saturated rings. The predicted molar refractivity (Wildman–Crippen MR) is 100.0 cm³/mol. The monoisotopic (exact) mass is 385 g/mol. The summed E-state index contributed by atoms with van der Waals surface area (Å²) < 4.78 is 33.2. The number of aromatic nitrogens is 2. The lowest BCUT2D eigenvalue weighted by Gasteiger charge is -2.06. The largest absolute Gasteiger partial charge is 0.456 e. The number of hydrogen-bond acceptors (Lipinski definition) is 5. The van der Waals surface area contributed by atoms with Crippen LogP contribution in [0.2, 0.25) is 0 Å². The number of esters is 1. The molecule has 0 radical (unpaired) electrons. The van der Waals surface area contributed by atoms with E-state index >= 15 is 0 Å². The van der Waals surface area contributed by atoms with Crippen molar-refractivity contribution in [2.75, 3.05) is 6.54 Å². The molecule has 8 heteroatoms. The van der Waals surface area contributed by atoms with Crippen LogP contribution in [0, 0.1) is 0 Å². The minimum atomic E-state index is -3.55. The fourth-order valence-corrected chi connectivity index (χ4v) is 3.47. The third kappa shape index (κ3) is 4.60. The van der Waals surface area contributed by atoms with Crippen molar-refractivity contribution in [2.24, 2.45) is 0 Å². The number of para-hydroxylation sites is 1. The Kier molecular flexibility index (Phi) is 5.68. The van der Waals surface area contributed by atoms with Crippen LogP contribution in [0.4, 0.5) is 0 Å². The topological polar surface area (TPSA) is 90.3 Å². The van der Waals surface area contributed by atoms with Gasteiger partial charge in [0.1, 0.15) is 12.3 Å². The highest BCUT2D eigenvalue weighted by molar-refractivity contribution is 7.89. The minimum Gasteiger partial charge on any atom is -0.456 e. The van der Waals surface area contributed by atoms with Crippen LogP contribution in [0.3, 0.4) is 0 Å². The molecular formula is C19H19N3O4S. The Labute approximate surface area is 157 Å². The number of nitrogens with one attached hydrogen (secondary N) is 1.